The smallest absolute Gasteiger partial charge is 0.227 e. The molecular weight excluding hydrogens is 276 g/mol. The van der Waals surface area contributed by atoms with Crippen molar-refractivity contribution in [3.63, 3.8) is 0 Å². The van der Waals surface area contributed by atoms with Crippen molar-refractivity contribution in [1.29, 1.82) is 0 Å². The first-order valence-corrected chi connectivity index (χ1v) is 8.13. The lowest BCUT2D eigenvalue weighted by Crippen LogP contribution is -2.38. The van der Waals surface area contributed by atoms with Gasteiger partial charge < -0.3 is 10.2 Å². The molecule has 0 bridgehead atoms. The lowest BCUT2D eigenvalue weighted by atomic mass is 10.0. The molecule has 2 rings (SSSR count). The summed E-state index contributed by atoms with van der Waals surface area (Å²) < 4.78 is 0. The number of carbonyl (C=O) groups is 2. The van der Waals surface area contributed by atoms with Crippen molar-refractivity contribution in [1.82, 2.24) is 5.32 Å². The van der Waals surface area contributed by atoms with Gasteiger partial charge >= 0.3 is 0 Å². The third kappa shape index (κ3) is 3.67. The Balaban J connectivity index is 2.04. The largest absolute Gasteiger partial charge is 0.353 e. The van der Waals surface area contributed by atoms with Crippen molar-refractivity contribution >= 4 is 17.5 Å². The predicted molar refractivity (Wildman–Crippen MR) is 88.9 cm³/mol. The molecular formula is C18H26N2O2. The fourth-order valence-corrected chi connectivity index (χ4v) is 2.63. The monoisotopic (exact) mass is 302 g/mol. The highest BCUT2D eigenvalue weighted by molar-refractivity contribution is 6.00. The molecule has 1 aliphatic heterocycles. The molecule has 4 heteroatoms. The van der Waals surface area contributed by atoms with Gasteiger partial charge in [-0.1, -0.05) is 32.9 Å². The van der Waals surface area contributed by atoms with Crippen LogP contribution in [0, 0.1) is 5.92 Å². The molecule has 22 heavy (non-hydrogen) atoms. The maximum atomic E-state index is 12.2. The fraction of sp³-hybridized carbons (Fsp3) is 0.556. The van der Waals surface area contributed by atoms with Gasteiger partial charge in [0.1, 0.15) is 0 Å². The van der Waals surface area contributed by atoms with Gasteiger partial charge in [-0.2, -0.15) is 0 Å². The number of carbonyl (C=O) groups excluding carboxylic acids is 2. The Labute approximate surface area is 132 Å². The summed E-state index contributed by atoms with van der Waals surface area (Å²) in [6.45, 7) is 8.78. The quantitative estimate of drug-likeness (QED) is 0.908. The van der Waals surface area contributed by atoms with Crippen LogP contribution < -0.4 is 10.2 Å². The van der Waals surface area contributed by atoms with Crippen LogP contribution in [0.15, 0.2) is 24.3 Å². The van der Waals surface area contributed by atoms with E-state index in [0.29, 0.717) is 18.9 Å². The van der Waals surface area contributed by atoms with E-state index < -0.39 is 0 Å². The van der Waals surface area contributed by atoms with Crippen LogP contribution in [0.2, 0.25) is 0 Å². The zero-order valence-electron chi connectivity index (χ0n) is 13.9. The number of nitrogens with one attached hydrogen (secondary N) is 1. The summed E-state index contributed by atoms with van der Waals surface area (Å²) in [6, 6.07) is 8.21. The van der Waals surface area contributed by atoms with Crippen LogP contribution in [0.25, 0.3) is 0 Å². The topological polar surface area (TPSA) is 49.4 Å². The number of rotatable bonds is 5. The van der Waals surface area contributed by atoms with Crippen LogP contribution in [0.4, 0.5) is 5.69 Å². The second-order valence-corrected chi connectivity index (χ2v) is 6.47. The minimum absolute atomic E-state index is 0.0102. The molecule has 0 aromatic heterocycles. The van der Waals surface area contributed by atoms with E-state index in [4.69, 9.17) is 0 Å². The van der Waals surface area contributed by atoms with E-state index in [1.807, 2.05) is 26.0 Å². The number of hydrogen-bond donors (Lipinski definition) is 1. The first-order valence-electron chi connectivity index (χ1n) is 8.13. The fourth-order valence-electron chi connectivity index (χ4n) is 2.63. The first-order chi connectivity index (χ1) is 10.4. The number of amides is 2. The lowest BCUT2D eigenvalue weighted by Gasteiger charge is -2.18. The normalized spacial score (nSPS) is 19.6. The molecule has 120 valence electrons. The van der Waals surface area contributed by atoms with Gasteiger partial charge in [0.2, 0.25) is 11.8 Å². The summed E-state index contributed by atoms with van der Waals surface area (Å²) in [7, 11) is 0. The third-order valence-electron chi connectivity index (χ3n) is 4.37. The minimum atomic E-state index is -0.244. The van der Waals surface area contributed by atoms with E-state index in [9.17, 15) is 9.59 Å². The Morgan fingerprint density at radius 1 is 1.27 bits per heavy atom. The standard InChI is InChI=1S/C18H26N2O2/c1-5-13(4)19-18(22)15-10-17(21)20(11-15)16-8-6-14(7-9-16)12(2)3/h6-9,12-13,15H,5,10-11H2,1-4H3,(H,19,22)/t13-,15-/m0/s1. The molecule has 1 fully saturated rings. The molecule has 1 N–H and O–H groups in total. The molecule has 0 unspecified atom stereocenters. The Morgan fingerprint density at radius 2 is 1.91 bits per heavy atom. The van der Waals surface area contributed by atoms with Gasteiger partial charge in [-0.05, 0) is 37.0 Å². The maximum Gasteiger partial charge on any atom is 0.227 e. The molecule has 1 saturated heterocycles. The van der Waals surface area contributed by atoms with Gasteiger partial charge in [0.05, 0.1) is 5.92 Å². The molecule has 1 heterocycles. The molecule has 1 aromatic carbocycles. The van der Waals surface area contributed by atoms with E-state index in [2.05, 4.69) is 31.3 Å². The van der Waals surface area contributed by atoms with Crippen molar-refractivity contribution in [2.75, 3.05) is 11.4 Å². The Morgan fingerprint density at radius 3 is 2.45 bits per heavy atom. The highest BCUT2D eigenvalue weighted by Gasteiger charge is 2.35. The van der Waals surface area contributed by atoms with Crippen LogP contribution in [0.5, 0.6) is 0 Å². The summed E-state index contributed by atoms with van der Waals surface area (Å²) in [5.41, 5.74) is 2.13. The minimum Gasteiger partial charge on any atom is -0.353 e. The average Bonchev–Trinajstić information content (AvgIpc) is 2.89. The molecule has 0 spiro atoms. The number of benzene rings is 1. The van der Waals surface area contributed by atoms with Crippen LogP contribution in [0.1, 0.15) is 52.0 Å². The SMILES string of the molecule is CC[C@H](C)NC(=O)[C@H]1CC(=O)N(c2ccc(C(C)C)cc2)C1. The van der Waals surface area contributed by atoms with Gasteiger partial charge in [-0.25, -0.2) is 0 Å². The predicted octanol–water partition coefficient (Wildman–Crippen LogP) is 3.08. The summed E-state index contributed by atoms with van der Waals surface area (Å²) >= 11 is 0. The summed E-state index contributed by atoms with van der Waals surface area (Å²) in [4.78, 5) is 26.1. The molecule has 4 nitrogen and oxygen atoms in total. The van der Waals surface area contributed by atoms with Gasteiger partial charge in [0, 0.05) is 24.7 Å². The van der Waals surface area contributed by atoms with E-state index in [0.717, 1.165) is 12.1 Å². The Hall–Kier alpha value is -1.84. The van der Waals surface area contributed by atoms with Gasteiger partial charge in [0.25, 0.3) is 0 Å². The molecule has 1 aliphatic rings. The summed E-state index contributed by atoms with van der Waals surface area (Å²) in [5.74, 6) is 0.245. The first kappa shape index (κ1) is 16.5. The Bertz CT molecular complexity index is 537. The van der Waals surface area contributed by atoms with Crippen LogP contribution in [-0.4, -0.2) is 24.4 Å². The maximum absolute atomic E-state index is 12.2. The highest BCUT2D eigenvalue weighted by Crippen LogP contribution is 2.27. The van der Waals surface area contributed by atoms with Crippen molar-refractivity contribution in [3.05, 3.63) is 29.8 Å². The molecule has 0 saturated carbocycles. The van der Waals surface area contributed by atoms with Crippen molar-refractivity contribution in [3.8, 4) is 0 Å². The third-order valence-corrected chi connectivity index (χ3v) is 4.37. The van der Waals surface area contributed by atoms with Gasteiger partial charge in [0.15, 0.2) is 0 Å². The van der Waals surface area contributed by atoms with Crippen molar-refractivity contribution in [2.45, 2.75) is 52.5 Å². The van der Waals surface area contributed by atoms with Crippen LogP contribution >= 0.6 is 0 Å². The summed E-state index contributed by atoms with van der Waals surface area (Å²) in [6.07, 6.45) is 1.20. The zero-order valence-corrected chi connectivity index (χ0v) is 13.9. The second kappa shape index (κ2) is 6.95. The number of hydrogen-bond acceptors (Lipinski definition) is 2. The number of anilines is 1. The van der Waals surface area contributed by atoms with E-state index in [-0.39, 0.29) is 23.8 Å². The van der Waals surface area contributed by atoms with Crippen molar-refractivity contribution in [2.24, 2.45) is 5.92 Å². The second-order valence-electron chi connectivity index (χ2n) is 6.47. The van der Waals surface area contributed by atoms with E-state index >= 15 is 0 Å². The van der Waals surface area contributed by atoms with Gasteiger partial charge in [-0.15, -0.1) is 0 Å². The van der Waals surface area contributed by atoms with Crippen LogP contribution in [-0.2, 0) is 9.59 Å². The summed E-state index contributed by atoms with van der Waals surface area (Å²) in [5, 5.41) is 2.97. The van der Waals surface area contributed by atoms with Gasteiger partial charge in [-0.3, -0.25) is 9.59 Å². The van der Waals surface area contributed by atoms with Crippen molar-refractivity contribution < 1.29 is 9.59 Å². The molecule has 1 aromatic rings. The molecule has 0 radical (unpaired) electrons. The van der Waals surface area contributed by atoms with Crippen LogP contribution in [0.3, 0.4) is 0 Å². The number of nitrogens with zero attached hydrogens (tertiary/aromatic N) is 1. The van der Waals surface area contributed by atoms with E-state index in [1.54, 1.807) is 4.90 Å². The lowest BCUT2D eigenvalue weighted by molar-refractivity contribution is -0.126. The zero-order chi connectivity index (χ0) is 16.3. The molecule has 0 aliphatic carbocycles. The highest BCUT2D eigenvalue weighted by atomic mass is 16.2. The molecule has 2 amide bonds. The van der Waals surface area contributed by atoms with E-state index in [1.165, 1.54) is 5.56 Å². The Kier molecular flexibility index (Phi) is 5.22. The average molecular weight is 302 g/mol. The molecule has 2 atom stereocenters.